The number of aromatic hydroxyl groups is 1. The first-order valence-corrected chi connectivity index (χ1v) is 6.20. The van der Waals surface area contributed by atoms with E-state index in [1.165, 1.54) is 12.1 Å². The molecule has 1 aromatic rings. The molecule has 5 heteroatoms. The van der Waals surface area contributed by atoms with Gasteiger partial charge >= 0.3 is 0 Å². The molecule has 19 heavy (non-hydrogen) atoms. The molecule has 0 bridgehead atoms. The summed E-state index contributed by atoms with van der Waals surface area (Å²) >= 11 is 0. The van der Waals surface area contributed by atoms with Crippen LogP contribution < -0.4 is 5.32 Å². The quantitative estimate of drug-likeness (QED) is 0.838. The van der Waals surface area contributed by atoms with E-state index in [-0.39, 0.29) is 30.0 Å². The molecular formula is C14H20ClFN2O. The van der Waals surface area contributed by atoms with Gasteiger partial charge in [0.05, 0.1) is 6.04 Å². The van der Waals surface area contributed by atoms with Crippen LogP contribution in [0.3, 0.4) is 0 Å². The highest BCUT2D eigenvalue weighted by Gasteiger charge is 2.23. The molecule has 0 radical (unpaired) electrons. The Balaban J connectivity index is 0.00000180. The van der Waals surface area contributed by atoms with Gasteiger partial charge < -0.3 is 10.4 Å². The predicted octanol–water partition coefficient (Wildman–Crippen LogP) is 2.39. The first kappa shape index (κ1) is 16.0. The van der Waals surface area contributed by atoms with Crippen molar-refractivity contribution in [3.63, 3.8) is 0 Å². The molecular weight excluding hydrogens is 267 g/mol. The van der Waals surface area contributed by atoms with Crippen LogP contribution in [-0.2, 0) is 0 Å². The Morgan fingerprint density at radius 2 is 2.05 bits per heavy atom. The van der Waals surface area contributed by atoms with Gasteiger partial charge in [-0.1, -0.05) is 6.08 Å². The summed E-state index contributed by atoms with van der Waals surface area (Å²) in [4.78, 5) is 2.19. The van der Waals surface area contributed by atoms with E-state index in [9.17, 15) is 9.50 Å². The van der Waals surface area contributed by atoms with E-state index in [0.29, 0.717) is 11.1 Å². The van der Waals surface area contributed by atoms with Crippen molar-refractivity contribution in [2.24, 2.45) is 0 Å². The number of phenols is 1. The van der Waals surface area contributed by atoms with Crippen molar-refractivity contribution in [1.29, 1.82) is 0 Å². The molecule has 0 unspecified atom stereocenters. The fraction of sp³-hybridized carbons (Fsp3) is 0.429. The van der Waals surface area contributed by atoms with Crippen molar-refractivity contribution in [3.05, 3.63) is 41.7 Å². The van der Waals surface area contributed by atoms with Crippen molar-refractivity contribution in [1.82, 2.24) is 10.2 Å². The highest BCUT2D eigenvalue weighted by Crippen LogP contribution is 2.33. The molecule has 1 fully saturated rings. The minimum absolute atomic E-state index is 0. The summed E-state index contributed by atoms with van der Waals surface area (Å²) < 4.78 is 13.5. The fourth-order valence-electron chi connectivity index (χ4n) is 2.42. The van der Waals surface area contributed by atoms with Gasteiger partial charge in [0.25, 0.3) is 0 Å². The molecule has 0 amide bonds. The molecule has 0 aromatic heterocycles. The monoisotopic (exact) mass is 286 g/mol. The number of nitrogens with one attached hydrogen (secondary N) is 1. The normalized spacial score (nSPS) is 17.6. The first-order chi connectivity index (χ1) is 8.63. The van der Waals surface area contributed by atoms with Crippen molar-refractivity contribution in [2.45, 2.75) is 13.0 Å². The third-order valence-electron chi connectivity index (χ3n) is 3.38. The van der Waals surface area contributed by atoms with Gasteiger partial charge in [0.1, 0.15) is 11.6 Å². The minimum atomic E-state index is -0.317. The van der Waals surface area contributed by atoms with E-state index < -0.39 is 0 Å². The lowest BCUT2D eigenvalue weighted by Gasteiger charge is -2.33. The summed E-state index contributed by atoms with van der Waals surface area (Å²) in [5.41, 5.74) is 1.16. The number of benzene rings is 1. The number of hydrogen-bond acceptors (Lipinski definition) is 3. The Labute approximate surface area is 119 Å². The molecule has 2 rings (SSSR count). The van der Waals surface area contributed by atoms with Gasteiger partial charge in [-0.05, 0) is 24.6 Å². The zero-order valence-electron chi connectivity index (χ0n) is 11.0. The van der Waals surface area contributed by atoms with Crippen molar-refractivity contribution in [2.75, 3.05) is 26.2 Å². The summed E-state index contributed by atoms with van der Waals surface area (Å²) in [7, 11) is 0. The predicted molar refractivity (Wildman–Crippen MR) is 77.4 cm³/mol. The van der Waals surface area contributed by atoms with Crippen molar-refractivity contribution in [3.8, 4) is 5.75 Å². The van der Waals surface area contributed by atoms with Crippen LogP contribution in [0.5, 0.6) is 5.75 Å². The van der Waals surface area contributed by atoms with Gasteiger partial charge in [0.2, 0.25) is 0 Å². The van der Waals surface area contributed by atoms with Gasteiger partial charge in [-0.15, -0.1) is 19.0 Å². The van der Waals surface area contributed by atoms with Crippen LogP contribution in [0.4, 0.5) is 4.39 Å². The Morgan fingerprint density at radius 3 is 2.63 bits per heavy atom. The molecule has 2 N–H and O–H groups in total. The second kappa shape index (κ2) is 6.89. The lowest BCUT2D eigenvalue weighted by Crippen LogP contribution is -2.44. The van der Waals surface area contributed by atoms with Gasteiger partial charge in [-0.25, -0.2) is 4.39 Å². The number of rotatable bonds is 3. The van der Waals surface area contributed by atoms with Crippen LogP contribution in [0.2, 0.25) is 0 Å². The molecule has 1 aliphatic rings. The van der Waals surface area contributed by atoms with E-state index in [1.807, 2.05) is 0 Å². The number of halogens is 2. The summed E-state index contributed by atoms with van der Waals surface area (Å²) in [5, 5.41) is 13.4. The zero-order chi connectivity index (χ0) is 13.1. The maximum atomic E-state index is 13.5. The standard InChI is InChI=1S/C14H19FN2O.ClH/c1-3-13(17-6-4-16-5-7-17)12-9-11(15)8-10(2)14(12)18;/h3,8-9,13,16,18H,1,4-7H2,2H3;1H/t13-;/m0./s1. The van der Waals surface area contributed by atoms with Crippen LogP contribution in [0.1, 0.15) is 17.2 Å². The molecule has 1 aliphatic heterocycles. The third-order valence-corrected chi connectivity index (χ3v) is 3.38. The number of piperazine rings is 1. The largest absolute Gasteiger partial charge is 0.507 e. The highest BCUT2D eigenvalue weighted by atomic mass is 35.5. The molecule has 1 aromatic carbocycles. The average molecular weight is 287 g/mol. The topological polar surface area (TPSA) is 35.5 Å². The summed E-state index contributed by atoms with van der Waals surface area (Å²) in [6.07, 6.45) is 1.76. The molecule has 1 saturated heterocycles. The smallest absolute Gasteiger partial charge is 0.124 e. The zero-order valence-corrected chi connectivity index (χ0v) is 11.8. The molecule has 1 atom stereocenters. The van der Waals surface area contributed by atoms with E-state index >= 15 is 0 Å². The summed E-state index contributed by atoms with van der Waals surface area (Å²) in [5.74, 6) is -0.151. The average Bonchev–Trinajstić information content (AvgIpc) is 2.37. The maximum Gasteiger partial charge on any atom is 0.124 e. The van der Waals surface area contributed by atoms with Crippen molar-refractivity contribution < 1.29 is 9.50 Å². The van der Waals surface area contributed by atoms with Gasteiger partial charge in [-0.2, -0.15) is 0 Å². The van der Waals surface area contributed by atoms with Gasteiger partial charge in [0.15, 0.2) is 0 Å². The lowest BCUT2D eigenvalue weighted by atomic mass is 10.0. The molecule has 0 aliphatic carbocycles. The van der Waals surface area contributed by atoms with E-state index in [4.69, 9.17) is 0 Å². The van der Waals surface area contributed by atoms with E-state index in [1.54, 1.807) is 13.0 Å². The SMILES string of the molecule is C=C[C@@H](c1cc(F)cc(C)c1O)N1CCNCC1.Cl. The second-order valence-electron chi connectivity index (χ2n) is 4.63. The number of phenolic OH excluding ortho intramolecular Hbond substituents is 1. The Bertz CT molecular complexity index is 447. The number of nitrogens with zero attached hydrogens (tertiary/aromatic N) is 1. The summed E-state index contributed by atoms with van der Waals surface area (Å²) in [6.45, 7) is 9.06. The van der Waals surface area contributed by atoms with Gasteiger partial charge in [0, 0.05) is 31.7 Å². The first-order valence-electron chi connectivity index (χ1n) is 6.20. The van der Waals surface area contributed by atoms with E-state index in [0.717, 1.165) is 26.2 Å². The van der Waals surface area contributed by atoms with Crippen LogP contribution in [0.15, 0.2) is 24.8 Å². The summed E-state index contributed by atoms with van der Waals surface area (Å²) in [6, 6.07) is 2.61. The fourth-order valence-corrected chi connectivity index (χ4v) is 2.42. The second-order valence-corrected chi connectivity index (χ2v) is 4.63. The highest BCUT2D eigenvalue weighted by molar-refractivity contribution is 5.85. The molecule has 0 saturated carbocycles. The molecule has 0 spiro atoms. The maximum absolute atomic E-state index is 13.5. The number of hydrogen-bond donors (Lipinski definition) is 2. The minimum Gasteiger partial charge on any atom is -0.507 e. The molecule has 1 heterocycles. The van der Waals surface area contributed by atoms with Crippen molar-refractivity contribution >= 4 is 12.4 Å². The van der Waals surface area contributed by atoms with Crippen LogP contribution in [0.25, 0.3) is 0 Å². The van der Waals surface area contributed by atoms with Crippen LogP contribution in [0, 0.1) is 12.7 Å². The van der Waals surface area contributed by atoms with Crippen LogP contribution >= 0.6 is 12.4 Å². The lowest BCUT2D eigenvalue weighted by molar-refractivity contribution is 0.200. The third kappa shape index (κ3) is 3.47. The van der Waals surface area contributed by atoms with E-state index in [2.05, 4.69) is 16.8 Å². The molecule has 106 valence electrons. The van der Waals surface area contributed by atoms with Gasteiger partial charge in [-0.3, -0.25) is 4.90 Å². The Morgan fingerprint density at radius 1 is 1.42 bits per heavy atom. The Kier molecular flexibility index (Phi) is 5.79. The number of aryl methyl sites for hydroxylation is 1. The molecule has 3 nitrogen and oxygen atoms in total. The van der Waals surface area contributed by atoms with Crippen LogP contribution in [-0.4, -0.2) is 36.2 Å². The Hall–Kier alpha value is -1.10.